The molecule has 0 aliphatic carbocycles. The lowest BCUT2D eigenvalue weighted by Crippen LogP contribution is -2.42. The van der Waals surface area contributed by atoms with Gasteiger partial charge in [0.2, 0.25) is 10.0 Å². The predicted octanol–water partition coefficient (Wildman–Crippen LogP) is 5.18. The average Bonchev–Trinajstić information content (AvgIpc) is 3.43. The number of furan rings is 1. The minimum atomic E-state index is -3.74. The smallest absolute Gasteiger partial charge is 0.244 e. The van der Waals surface area contributed by atoms with E-state index in [0.29, 0.717) is 18.7 Å². The number of hydrogen-bond acceptors (Lipinski definition) is 3. The molecule has 5 aromatic rings. The lowest BCUT2D eigenvalue weighted by Gasteiger charge is -2.36. The van der Waals surface area contributed by atoms with E-state index in [4.69, 9.17) is 4.42 Å². The first-order valence-corrected chi connectivity index (χ1v) is 11.7. The molecule has 0 spiro atoms. The number of sulfonamides is 1. The van der Waals surface area contributed by atoms with Gasteiger partial charge in [0.15, 0.2) is 0 Å². The molecule has 0 amide bonds. The molecule has 0 saturated carbocycles. The first-order chi connectivity index (χ1) is 15.1. The van der Waals surface area contributed by atoms with Gasteiger partial charge in [-0.05, 0) is 42.0 Å². The molecule has 3 heterocycles. The highest BCUT2D eigenvalue weighted by Gasteiger charge is 2.37. The summed E-state index contributed by atoms with van der Waals surface area (Å²) in [4.78, 5) is 0.285. The minimum absolute atomic E-state index is 0.285. The van der Waals surface area contributed by atoms with Gasteiger partial charge in [0.1, 0.15) is 11.2 Å². The van der Waals surface area contributed by atoms with Crippen molar-refractivity contribution in [1.82, 2.24) is 8.87 Å². The number of nitrogens with zero attached hydrogens (tertiary/aromatic N) is 2. The highest BCUT2D eigenvalue weighted by Crippen LogP contribution is 2.38. The predicted molar refractivity (Wildman–Crippen MR) is 120 cm³/mol. The van der Waals surface area contributed by atoms with Crippen LogP contribution in [0, 0.1) is 0 Å². The Morgan fingerprint density at radius 2 is 1.55 bits per heavy atom. The van der Waals surface area contributed by atoms with Gasteiger partial charge in [0, 0.05) is 35.8 Å². The summed E-state index contributed by atoms with van der Waals surface area (Å²) in [6, 6.07) is 26.3. The summed E-state index contributed by atoms with van der Waals surface area (Å²) in [6.45, 7) is 1.04. The number of aromatic nitrogens is 1. The molecular weight excluding hydrogens is 408 g/mol. The summed E-state index contributed by atoms with van der Waals surface area (Å²) in [7, 11) is -3.74. The number of para-hydroxylation sites is 1. The molecule has 154 valence electrons. The van der Waals surface area contributed by atoms with Gasteiger partial charge in [-0.3, -0.25) is 0 Å². The van der Waals surface area contributed by atoms with Crippen LogP contribution in [0.1, 0.15) is 17.3 Å². The maximum Gasteiger partial charge on any atom is 0.244 e. The molecule has 1 atom stereocenters. The van der Waals surface area contributed by atoms with Gasteiger partial charge in [0.05, 0.1) is 10.9 Å². The van der Waals surface area contributed by atoms with Crippen LogP contribution in [-0.2, 0) is 16.6 Å². The first-order valence-electron chi connectivity index (χ1n) is 10.3. The maximum absolute atomic E-state index is 13.9. The molecule has 6 heteroatoms. The fraction of sp³-hybridized carbons (Fsp3) is 0.120. The van der Waals surface area contributed by atoms with Crippen molar-refractivity contribution in [2.45, 2.75) is 17.5 Å². The van der Waals surface area contributed by atoms with Crippen LogP contribution in [-0.4, -0.2) is 23.8 Å². The van der Waals surface area contributed by atoms with Crippen LogP contribution >= 0.6 is 0 Å². The van der Waals surface area contributed by atoms with Crippen molar-refractivity contribution in [2.75, 3.05) is 6.54 Å². The van der Waals surface area contributed by atoms with Gasteiger partial charge in [-0.25, -0.2) is 8.42 Å². The molecule has 1 aliphatic rings. The average molecular weight is 429 g/mol. The molecule has 3 aromatic carbocycles. The standard InChI is InChI=1S/C25H20N2O3S/c28-31(29,19-12-13-24-21(17-19)20-9-4-5-11-23(20)30-24)27-16-15-26-14-6-10-22(26)25(27)18-7-2-1-3-8-18/h1-14,17,25H,15-16H2/t25-/m0/s1. The van der Waals surface area contributed by atoms with Gasteiger partial charge < -0.3 is 8.98 Å². The molecular formula is C25H20N2O3S. The zero-order valence-electron chi connectivity index (χ0n) is 16.7. The lowest BCUT2D eigenvalue weighted by atomic mass is 10.0. The van der Waals surface area contributed by atoms with E-state index in [2.05, 4.69) is 4.57 Å². The second-order valence-electron chi connectivity index (χ2n) is 7.81. The Labute approximate surface area is 180 Å². The van der Waals surface area contributed by atoms with Gasteiger partial charge in [-0.1, -0.05) is 48.5 Å². The topological polar surface area (TPSA) is 55.5 Å². The van der Waals surface area contributed by atoms with Crippen LogP contribution < -0.4 is 0 Å². The number of hydrogen-bond donors (Lipinski definition) is 0. The van der Waals surface area contributed by atoms with Crippen LogP contribution in [0.15, 0.2) is 100 Å². The number of rotatable bonds is 3. The van der Waals surface area contributed by atoms with Crippen LogP contribution in [0.3, 0.4) is 0 Å². The fourth-order valence-electron chi connectivity index (χ4n) is 4.59. The van der Waals surface area contributed by atoms with Gasteiger partial charge in [-0.2, -0.15) is 4.31 Å². The Hall–Kier alpha value is -3.35. The van der Waals surface area contributed by atoms with Crippen molar-refractivity contribution in [3.8, 4) is 0 Å². The van der Waals surface area contributed by atoms with E-state index in [9.17, 15) is 8.42 Å². The summed E-state index contributed by atoms with van der Waals surface area (Å²) < 4.78 is 37.4. The molecule has 0 unspecified atom stereocenters. The fourth-order valence-corrected chi connectivity index (χ4v) is 6.20. The van der Waals surface area contributed by atoms with Gasteiger partial charge >= 0.3 is 0 Å². The quantitative estimate of drug-likeness (QED) is 0.398. The largest absolute Gasteiger partial charge is 0.456 e. The Balaban J connectivity index is 1.51. The maximum atomic E-state index is 13.9. The van der Waals surface area contributed by atoms with Crippen molar-refractivity contribution in [2.24, 2.45) is 0 Å². The first kappa shape index (κ1) is 18.4. The summed E-state index contributed by atoms with van der Waals surface area (Å²) in [5.74, 6) is 0. The third-order valence-corrected chi connectivity index (χ3v) is 7.92. The molecule has 0 saturated heterocycles. The normalized spacial score (nSPS) is 17.2. The van der Waals surface area contributed by atoms with E-state index in [1.54, 1.807) is 22.5 Å². The van der Waals surface area contributed by atoms with E-state index < -0.39 is 10.0 Å². The Kier molecular flexibility index (Phi) is 4.06. The van der Waals surface area contributed by atoms with Crippen LogP contribution in [0.25, 0.3) is 21.9 Å². The van der Waals surface area contributed by atoms with Crippen LogP contribution in [0.4, 0.5) is 0 Å². The summed E-state index contributed by atoms with van der Waals surface area (Å²) in [5.41, 5.74) is 3.38. The molecule has 6 rings (SSSR count). The van der Waals surface area contributed by atoms with E-state index in [1.807, 2.05) is 72.9 Å². The summed E-state index contributed by atoms with van der Waals surface area (Å²) in [6.07, 6.45) is 2.01. The summed E-state index contributed by atoms with van der Waals surface area (Å²) >= 11 is 0. The Bertz CT molecular complexity index is 1520. The zero-order chi connectivity index (χ0) is 21.0. The molecule has 0 N–H and O–H groups in total. The molecule has 0 bridgehead atoms. The van der Waals surface area contributed by atoms with E-state index in [-0.39, 0.29) is 10.9 Å². The SMILES string of the molecule is O=S(=O)(c1ccc2oc3ccccc3c2c1)N1CCn2cccc2[C@@H]1c1ccccc1. The van der Waals surface area contributed by atoms with Gasteiger partial charge in [-0.15, -0.1) is 0 Å². The van der Waals surface area contributed by atoms with Crippen molar-refractivity contribution in [3.63, 3.8) is 0 Å². The van der Waals surface area contributed by atoms with E-state index in [0.717, 1.165) is 27.6 Å². The van der Waals surface area contributed by atoms with Crippen molar-refractivity contribution in [1.29, 1.82) is 0 Å². The molecule has 5 nitrogen and oxygen atoms in total. The van der Waals surface area contributed by atoms with Gasteiger partial charge in [0.25, 0.3) is 0 Å². The van der Waals surface area contributed by atoms with E-state index in [1.165, 1.54) is 0 Å². The third kappa shape index (κ3) is 2.83. The Morgan fingerprint density at radius 3 is 2.42 bits per heavy atom. The highest BCUT2D eigenvalue weighted by molar-refractivity contribution is 7.89. The lowest BCUT2D eigenvalue weighted by molar-refractivity contribution is 0.298. The molecule has 0 fully saturated rings. The Morgan fingerprint density at radius 1 is 0.774 bits per heavy atom. The van der Waals surface area contributed by atoms with Crippen molar-refractivity contribution < 1.29 is 12.8 Å². The second kappa shape index (κ2) is 6.83. The number of benzene rings is 3. The third-order valence-electron chi connectivity index (χ3n) is 6.06. The molecule has 31 heavy (non-hydrogen) atoms. The molecule has 1 aliphatic heterocycles. The van der Waals surface area contributed by atoms with Crippen molar-refractivity contribution in [3.05, 3.63) is 102 Å². The van der Waals surface area contributed by atoms with Crippen molar-refractivity contribution >= 4 is 32.0 Å². The minimum Gasteiger partial charge on any atom is -0.456 e. The monoisotopic (exact) mass is 428 g/mol. The molecule has 2 aromatic heterocycles. The van der Waals surface area contributed by atoms with Crippen LogP contribution in [0.2, 0.25) is 0 Å². The molecule has 0 radical (unpaired) electrons. The highest BCUT2D eigenvalue weighted by atomic mass is 32.2. The van der Waals surface area contributed by atoms with E-state index >= 15 is 0 Å². The van der Waals surface area contributed by atoms with Crippen LogP contribution in [0.5, 0.6) is 0 Å². The summed E-state index contributed by atoms with van der Waals surface area (Å²) in [5, 5.41) is 1.73. The second-order valence-corrected chi connectivity index (χ2v) is 9.70. The zero-order valence-corrected chi connectivity index (χ0v) is 17.5. The number of fused-ring (bicyclic) bond motifs is 4.